The highest BCUT2D eigenvalue weighted by Crippen LogP contribution is 2.21. The van der Waals surface area contributed by atoms with Crippen LogP contribution in [-0.4, -0.2) is 21.6 Å². The second kappa shape index (κ2) is 7.02. The fraction of sp³-hybridized carbons (Fsp3) is 0.0526. The summed E-state index contributed by atoms with van der Waals surface area (Å²) < 4.78 is 1.84. The molecule has 1 aromatic heterocycles. The highest BCUT2D eigenvalue weighted by Gasteiger charge is 2.14. The number of aryl methyl sites for hydroxylation is 1. The number of benzene rings is 2. The normalized spacial score (nSPS) is 11.0. The molecule has 0 radical (unpaired) electrons. The minimum absolute atomic E-state index is 0.244. The molecule has 0 bridgehead atoms. The van der Waals surface area contributed by atoms with E-state index < -0.39 is 5.91 Å². The van der Waals surface area contributed by atoms with E-state index in [9.17, 15) is 9.59 Å². The summed E-state index contributed by atoms with van der Waals surface area (Å²) in [6.45, 7) is 0. The van der Waals surface area contributed by atoms with E-state index in [4.69, 9.17) is 5.21 Å². The summed E-state index contributed by atoms with van der Waals surface area (Å²) in [5.41, 5.74) is 4.26. The molecule has 0 spiro atoms. The van der Waals surface area contributed by atoms with Gasteiger partial charge in [-0.25, -0.2) is 5.48 Å². The lowest BCUT2D eigenvalue weighted by atomic mass is 10.1. The third kappa shape index (κ3) is 3.44. The number of aromatic nitrogens is 1. The average Bonchev–Trinajstić information content (AvgIpc) is 2.98. The molecular formula is C19H17N3O3. The van der Waals surface area contributed by atoms with E-state index in [2.05, 4.69) is 5.32 Å². The third-order valence-corrected chi connectivity index (χ3v) is 3.92. The van der Waals surface area contributed by atoms with Crippen molar-refractivity contribution >= 4 is 34.5 Å². The number of carbonyl (C=O) groups is 2. The summed E-state index contributed by atoms with van der Waals surface area (Å²) >= 11 is 0. The molecule has 25 heavy (non-hydrogen) atoms. The molecule has 126 valence electrons. The summed E-state index contributed by atoms with van der Waals surface area (Å²) in [6, 6.07) is 16.7. The smallest absolute Gasteiger partial charge is 0.272 e. The maximum atomic E-state index is 12.7. The van der Waals surface area contributed by atoms with Crippen LogP contribution in [0.3, 0.4) is 0 Å². The lowest BCUT2D eigenvalue weighted by Crippen LogP contribution is -2.16. The van der Waals surface area contributed by atoms with Gasteiger partial charge in [-0.1, -0.05) is 36.4 Å². The predicted molar refractivity (Wildman–Crippen MR) is 96.3 cm³/mol. The van der Waals surface area contributed by atoms with E-state index >= 15 is 0 Å². The molecule has 0 aliphatic carbocycles. The Hall–Kier alpha value is -3.38. The number of nitrogens with one attached hydrogen (secondary N) is 2. The van der Waals surface area contributed by atoms with Crippen LogP contribution in [0.15, 0.2) is 60.7 Å². The molecule has 6 heteroatoms. The molecule has 0 fully saturated rings. The van der Waals surface area contributed by atoms with Crippen molar-refractivity contribution in [1.82, 2.24) is 10.0 Å². The van der Waals surface area contributed by atoms with Crippen LogP contribution < -0.4 is 10.8 Å². The van der Waals surface area contributed by atoms with Gasteiger partial charge in [-0.2, -0.15) is 0 Å². The maximum absolute atomic E-state index is 12.7. The van der Waals surface area contributed by atoms with Gasteiger partial charge in [0.2, 0.25) is 0 Å². The zero-order valence-corrected chi connectivity index (χ0v) is 13.6. The van der Waals surface area contributed by atoms with E-state index in [0.29, 0.717) is 16.9 Å². The molecule has 0 aliphatic rings. The molecule has 0 unspecified atom stereocenters. The molecule has 3 rings (SSSR count). The maximum Gasteiger partial charge on any atom is 0.272 e. The van der Waals surface area contributed by atoms with Crippen molar-refractivity contribution in [2.75, 3.05) is 5.32 Å². The van der Waals surface area contributed by atoms with Crippen LogP contribution in [0.25, 0.3) is 17.0 Å². The quantitative estimate of drug-likeness (QED) is 0.389. The van der Waals surface area contributed by atoms with Crippen LogP contribution in [-0.2, 0) is 11.8 Å². The van der Waals surface area contributed by atoms with Crippen molar-refractivity contribution in [3.63, 3.8) is 0 Å². The second-order valence-corrected chi connectivity index (χ2v) is 5.50. The SMILES string of the molecule is Cn1c(C(=O)Nc2ccccc2/C=C/C(=O)NO)cc2ccccc21. The van der Waals surface area contributed by atoms with Crippen molar-refractivity contribution in [2.45, 2.75) is 0 Å². The summed E-state index contributed by atoms with van der Waals surface area (Å²) in [5.74, 6) is -0.888. The van der Waals surface area contributed by atoms with Gasteiger partial charge < -0.3 is 9.88 Å². The Labute approximate surface area is 144 Å². The Morgan fingerprint density at radius 2 is 1.80 bits per heavy atom. The van der Waals surface area contributed by atoms with Crippen LogP contribution in [0.2, 0.25) is 0 Å². The van der Waals surface area contributed by atoms with E-state index in [-0.39, 0.29) is 5.91 Å². The molecule has 2 aromatic carbocycles. The van der Waals surface area contributed by atoms with Crippen molar-refractivity contribution in [1.29, 1.82) is 0 Å². The Balaban J connectivity index is 1.89. The van der Waals surface area contributed by atoms with E-state index in [1.807, 2.05) is 41.9 Å². The number of hydrogen-bond donors (Lipinski definition) is 3. The molecular weight excluding hydrogens is 318 g/mol. The molecule has 6 nitrogen and oxygen atoms in total. The van der Waals surface area contributed by atoms with Crippen molar-refractivity contribution in [3.8, 4) is 0 Å². The molecule has 0 aliphatic heterocycles. The molecule has 0 saturated carbocycles. The van der Waals surface area contributed by atoms with Gasteiger partial charge in [0.1, 0.15) is 5.69 Å². The van der Waals surface area contributed by atoms with E-state index in [1.54, 1.807) is 24.3 Å². The first-order chi connectivity index (χ1) is 12.1. The van der Waals surface area contributed by atoms with Gasteiger partial charge in [0.15, 0.2) is 0 Å². The van der Waals surface area contributed by atoms with Gasteiger partial charge in [0.25, 0.3) is 11.8 Å². The highest BCUT2D eigenvalue weighted by atomic mass is 16.5. The van der Waals surface area contributed by atoms with E-state index in [0.717, 1.165) is 10.9 Å². The van der Waals surface area contributed by atoms with Crippen molar-refractivity contribution < 1.29 is 14.8 Å². The second-order valence-electron chi connectivity index (χ2n) is 5.50. The number of nitrogens with zero attached hydrogens (tertiary/aromatic N) is 1. The molecule has 2 amide bonds. The number of anilines is 1. The zero-order chi connectivity index (χ0) is 17.8. The number of rotatable bonds is 4. The first-order valence-corrected chi connectivity index (χ1v) is 7.67. The number of carbonyl (C=O) groups excluding carboxylic acids is 2. The summed E-state index contributed by atoms with van der Waals surface area (Å²) in [4.78, 5) is 23.8. The average molecular weight is 335 g/mol. The first-order valence-electron chi connectivity index (χ1n) is 7.67. The van der Waals surface area contributed by atoms with Crippen LogP contribution in [0.1, 0.15) is 16.1 Å². The lowest BCUT2D eigenvalue weighted by molar-refractivity contribution is -0.124. The lowest BCUT2D eigenvalue weighted by Gasteiger charge is -2.09. The molecule has 0 saturated heterocycles. The number of hydrogen-bond acceptors (Lipinski definition) is 3. The third-order valence-electron chi connectivity index (χ3n) is 3.92. The number of fused-ring (bicyclic) bond motifs is 1. The minimum atomic E-state index is -0.644. The Morgan fingerprint density at radius 1 is 1.08 bits per heavy atom. The Kier molecular flexibility index (Phi) is 4.63. The van der Waals surface area contributed by atoms with Gasteiger partial charge in [-0.3, -0.25) is 14.8 Å². The zero-order valence-electron chi connectivity index (χ0n) is 13.6. The monoisotopic (exact) mass is 335 g/mol. The number of para-hydroxylation sites is 2. The topological polar surface area (TPSA) is 83.4 Å². The fourth-order valence-electron chi connectivity index (χ4n) is 2.65. The van der Waals surface area contributed by atoms with Crippen molar-refractivity contribution in [3.05, 3.63) is 71.9 Å². The van der Waals surface area contributed by atoms with E-state index in [1.165, 1.54) is 17.6 Å². The summed E-state index contributed by atoms with van der Waals surface area (Å²) in [5, 5.41) is 12.4. The highest BCUT2D eigenvalue weighted by molar-refractivity contribution is 6.07. The predicted octanol–water partition coefficient (Wildman–Crippen LogP) is 2.95. The summed E-state index contributed by atoms with van der Waals surface area (Å²) in [7, 11) is 1.84. The summed E-state index contributed by atoms with van der Waals surface area (Å²) in [6.07, 6.45) is 2.70. The standard InChI is InChI=1S/C19H17N3O3/c1-22-16-9-5-3-7-14(16)12-17(22)19(24)20-15-8-4-2-6-13(15)10-11-18(23)21-25/h2-12,25H,1H3,(H,20,24)(H,21,23)/b11-10+. The fourth-order valence-corrected chi connectivity index (χ4v) is 2.65. The van der Waals surface area contributed by atoms with Crippen LogP contribution in [0, 0.1) is 0 Å². The van der Waals surface area contributed by atoms with Gasteiger partial charge in [-0.15, -0.1) is 0 Å². The number of amides is 2. The molecule has 0 atom stereocenters. The van der Waals surface area contributed by atoms with Crippen LogP contribution in [0.4, 0.5) is 5.69 Å². The Bertz CT molecular complexity index is 973. The van der Waals surface area contributed by atoms with Gasteiger partial charge in [0.05, 0.1) is 0 Å². The molecule has 1 heterocycles. The van der Waals surface area contributed by atoms with Gasteiger partial charge in [0, 0.05) is 29.7 Å². The van der Waals surface area contributed by atoms with Crippen molar-refractivity contribution in [2.24, 2.45) is 7.05 Å². The van der Waals surface area contributed by atoms with Gasteiger partial charge >= 0.3 is 0 Å². The molecule has 3 aromatic rings. The number of hydroxylamine groups is 1. The first kappa shape index (κ1) is 16.5. The Morgan fingerprint density at radius 3 is 2.56 bits per heavy atom. The van der Waals surface area contributed by atoms with Crippen LogP contribution >= 0.6 is 0 Å². The van der Waals surface area contributed by atoms with Crippen LogP contribution in [0.5, 0.6) is 0 Å². The van der Waals surface area contributed by atoms with Gasteiger partial charge in [-0.05, 0) is 29.8 Å². The largest absolute Gasteiger partial charge is 0.340 e. The molecule has 3 N–H and O–H groups in total. The minimum Gasteiger partial charge on any atom is -0.340 e.